The van der Waals surface area contributed by atoms with Crippen LogP contribution in [0, 0.1) is 13.8 Å². The second-order valence-electron chi connectivity index (χ2n) is 8.62. The highest BCUT2D eigenvalue weighted by Gasteiger charge is 2.31. The van der Waals surface area contributed by atoms with Crippen LogP contribution in [0.15, 0.2) is 41.3 Å². The first-order valence-corrected chi connectivity index (χ1v) is 12.3. The molecule has 0 saturated carbocycles. The van der Waals surface area contributed by atoms with Crippen molar-refractivity contribution in [3.8, 4) is 0 Å². The predicted molar refractivity (Wildman–Crippen MR) is 121 cm³/mol. The lowest BCUT2D eigenvalue weighted by Gasteiger charge is -2.34. The van der Waals surface area contributed by atoms with Gasteiger partial charge in [0.15, 0.2) is 0 Å². The summed E-state index contributed by atoms with van der Waals surface area (Å²) < 4.78 is 27.8. The molecule has 1 amide bonds. The lowest BCUT2D eigenvalue weighted by Crippen LogP contribution is -2.50. The number of nitrogens with zero attached hydrogens (tertiary/aromatic N) is 2. The van der Waals surface area contributed by atoms with Gasteiger partial charge in [-0.15, -0.1) is 0 Å². The summed E-state index contributed by atoms with van der Waals surface area (Å²) in [5.74, 6) is -0.0465. The van der Waals surface area contributed by atoms with Crippen molar-refractivity contribution in [3.63, 3.8) is 0 Å². The molecule has 1 saturated heterocycles. The lowest BCUT2D eigenvalue weighted by molar-refractivity contribution is 0.0698. The SMILES string of the molecule is Cc1[nH]c2ccc(C(=O)N3CCN(S(=O)(=O)c4ccc5c(c4)CCC5)CC3)cc2c1C. The first-order chi connectivity index (χ1) is 14.8. The second-order valence-corrected chi connectivity index (χ2v) is 10.6. The van der Waals surface area contributed by atoms with Crippen molar-refractivity contribution in [2.75, 3.05) is 26.2 Å². The minimum Gasteiger partial charge on any atom is -0.358 e. The summed E-state index contributed by atoms with van der Waals surface area (Å²) in [6.45, 7) is 5.49. The second kappa shape index (κ2) is 7.50. The number of aromatic amines is 1. The van der Waals surface area contributed by atoms with Gasteiger partial charge in [-0.2, -0.15) is 4.31 Å². The molecule has 0 unspecified atom stereocenters. The molecule has 1 N–H and O–H groups in total. The van der Waals surface area contributed by atoms with E-state index in [1.165, 1.54) is 9.87 Å². The van der Waals surface area contributed by atoms with Crippen molar-refractivity contribution in [3.05, 3.63) is 64.3 Å². The van der Waals surface area contributed by atoms with Gasteiger partial charge in [-0.25, -0.2) is 8.42 Å². The van der Waals surface area contributed by atoms with E-state index in [9.17, 15) is 13.2 Å². The normalized spacial score (nSPS) is 17.3. The van der Waals surface area contributed by atoms with Crippen LogP contribution in [-0.4, -0.2) is 54.7 Å². The molecule has 0 atom stereocenters. The number of aryl methyl sites for hydroxylation is 4. The molecule has 7 heteroatoms. The minimum absolute atomic E-state index is 0.0465. The molecule has 2 heterocycles. The molecule has 5 rings (SSSR count). The maximum absolute atomic E-state index is 13.1. The number of sulfonamides is 1. The van der Waals surface area contributed by atoms with E-state index in [1.54, 1.807) is 11.0 Å². The molecule has 0 bridgehead atoms. The molecule has 1 fully saturated rings. The Kier molecular flexibility index (Phi) is 4.90. The summed E-state index contributed by atoms with van der Waals surface area (Å²) >= 11 is 0. The average Bonchev–Trinajstić information content (AvgIpc) is 3.37. The van der Waals surface area contributed by atoms with Gasteiger partial charge in [0.2, 0.25) is 10.0 Å². The van der Waals surface area contributed by atoms with Crippen molar-refractivity contribution in [1.29, 1.82) is 0 Å². The molecule has 1 aliphatic heterocycles. The Morgan fingerprint density at radius 1 is 0.935 bits per heavy atom. The Bertz CT molecular complexity index is 1280. The highest BCUT2D eigenvalue weighted by atomic mass is 32.2. The minimum atomic E-state index is -3.54. The summed E-state index contributed by atoms with van der Waals surface area (Å²) in [5, 5.41) is 1.06. The number of rotatable bonds is 3. The molecule has 6 nitrogen and oxygen atoms in total. The number of piperazine rings is 1. The first kappa shape index (κ1) is 20.3. The van der Waals surface area contributed by atoms with Gasteiger partial charge in [0, 0.05) is 48.3 Å². The number of nitrogens with one attached hydrogen (secondary N) is 1. The molecule has 1 aromatic heterocycles. The van der Waals surface area contributed by atoms with E-state index in [4.69, 9.17) is 0 Å². The molecule has 2 aliphatic rings. The van der Waals surface area contributed by atoms with Crippen LogP contribution in [0.1, 0.15) is 39.2 Å². The van der Waals surface area contributed by atoms with E-state index in [1.807, 2.05) is 44.2 Å². The fourth-order valence-electron chi connectivity index (χ4n) is 4.77. The summed E-state index contributed by atoms with van der Waals surface area (Å²) in [6, 6.07) is 11.2. The summed E-state index contributed by atoms with van der Waals surface area (Å²) in [4.78, 5) is 18.5. The Labute approximate surface area is 182 Å². The van der Waals surface area contributed by atoms with Crippen LogP contribution >= 0.6 is 0 Å². The van der Waals surface area contributed by atoms with Crippen LogP contribution in [0.25, 0.3) is 10.9 Å². The van der Waals surface area contributed by atoms with Gasteiger partial charge in [0.1, 0.15) is 0 Å². The van der Waals surface area contributed by atoms with E-state index in [0.29, 0.717) is 36.6 Å². The number of amides is 1. The molecular formula is C24H27N3O3S. The third kappa shape index (κ3) is 3.46. The molecule has 31 heavy (non-hydrogen) atoms. The smallest absolute Gasteiger partial charge is 0.253 e. The third-order valence-electron chi connectivity index (χ3n) is 6.79. The molecule has 1 aliphatic carbocycles. The van der Waals surface area contributed by atoms with E-state index in [0.717, 1.165) is 47.0 Å². The van der Waals surface area contributed by atoms with Gasteiger partial charge in [-0.3, -0.25) is 4.79 Å². The molecule has 0 radical (unpaired) electrons. The Morgan fingerprint density at radius 2 is 1.68 bits per heavy atom. The van der Waals surface area contributed by atoms with Crippen LogP contribution in [0.5, 0.6) is 0 Å². The summed E-state index contributed by atoms with van der Waals surface area (Å²) in [5.41, 5.74) is 6.33. The monoisotopic (exact) mass is 437 g/mol. The molecular weight excluding hydrogens is 410 g/mol. The van der Waals surface area contributed by atoms with Crippen LogP contribution in [0.4, 0.5) is 0 Å². The van der Waals surface area contributed by atoms with E-state index in [2.05, 4.69) is 4.98 Å². The lowest BCUT2D eigenvalue weighted by atomic mass is 10.1. The quantitative estimate of drug-likeness (QED) is 0.682. The van der Waals surface area contributed by atoms with Crippen LogP contribution in [0.3, 0.4) is 0 Å². The maximum Gasteiger partial charge on any atom is 0.253 e. The summed E-state index contributed by atoms with van der Waals surface area (Å²) in [6.07, 6.45) is 3.07. The van der Waals surface area contributed by atoms with E-state index < -0.39 is 10.0 Å². The number of H-pyrrole nitrogens is 1. The summed E-state index contributed by atoms with van der Waals surface area (Å²) in [7, 11) is -3.54. The standard InChI is InChI=1S/C24H27N3O3S/c1-16-17(2)25-23-9-7-20(15-22(16)23)24(28)26-10-12-27(13-11-26)31(29,30)21-8-6-18-4-3-5-19(18)14-21/h6-9,14-15,25H,3-5,10-13H2,1-2H3. The van der Waals surface area contributed by atoms with E-state index >= 15 is 0 Å². The number of fused-ring (bicyclic) bond motifs is 2. The van der Waals surface area contributed by atoms with Crippen molar-refractivity contribution in [2.45, 2.75) is 38.0 Å². The predicted octanol–water partition coefficient (Wildman–Crippen LogP) is 3.42. The number of aromatic nitrogens is 1. The fourth-order valence-corrected chi connectivity index (χ4v) is 6.24. The van der Waals surface area contributed by atoms with Crippen molar-refractivity contribution in [2.24, 2.45) is 0 Å². The van der Waals surface area contributed by atoms with Gasteiger partial charge in [0.05, 0.1) is 4.90 Å². The zero-order chi connectivity index (χ0) is 21.8. The van der Waals surface area contributed by atoms with E-state index in [-0.39, 0.29) is 5.91 Å². The van der Waals surface area contributed by atoms with Gasteiger partial charge in [-0.1, -0.05) is 6.07 Å². The Balaban J connectivity index is 1.31. The van der Waals surface area contributed by atoms with Gasteiger partial charge >= 0.3 is 0 Å². The van der Waals surface area contributed by atoms with Crippen molar-refractivity contribution in [1.82, 2.24) is 14.2 Å². The number of benzene rings is 2. The first-order valence-electron chi connectivity index (χ1n) is 10.8. The number of hydrogen-bond donors (Lipinski definition) is 1. The molecule has 0 spiro atoms. The van der Waals surface area contributed by atoms with Crippen LogP contribution in [-0.2, 0) is 22.9 Å². The van der Waals surface area contributed by atoms with Crippen LogP contribution < -0.4 is 0 Å². The zero-order valence-corrected chi connectivity index (χ0v) is 18.8. The third-order valence-corrected chi connectivity index (χ3v) is 8.68. The number of carbonyl (C=O) groups excluding carboxylic acids is 1. The van der Waals surface area contributed by atoms with Gasteiger partial charge in [-0.05, 0) is 80.1 Å². The topological polar surface area (TPSA) is 73.5 Å². The largest absolute Gasteiger partial charge is 0.358 e. The molecule has 162 valence electrons. The zero-order valence-electron chi connectivity index (χ0n) is 17.9. The number of carbonyl (C=O) groups is 1. The highest BCUT2D eigenvalue weighted by Crippen LogP contribution is 2.27. The fraction of sp³-hybridized carbons (Fsp3) is 0.375. The highest BCUT2D eigenvalue weighted by molar-refractivity contribution is 7.89. The Hall–Kier alpha value is -2.64. The maximum atomic E-state index is 13.1. The Morgan fingerprint density at radius 3 is 2.45 bits per heavy atom. The average molecular weight is 438 g/mol. The van der Waals surface area contributed by atoms with Gasteiger partial charge < -0.3 is 9.88 Å². The number of hydrogen-bond acceptors (Lipinski definition) is 3. The van der Waals surface area contributed by atoms with Crippen molar-refractivity contribution >= 4 is 26.8 Å². The molecule has 2 aromatic carbocycles. The van der Waals surface area contributed by atoms with Gasteiger partial charge in [0.25, 0.3) is 5.91 Å². The molecule has 3 aromatic rings. The van der Waals surface area contributed by atoms with Crippen LogP contribution in [0.2, 0.25) is 0 Å². The van der Waals surface area contributed by atoms with Crippen molar-refractivity contribution < 1.29 is 13.2 Å².